The van der Waals surface area contributed by atoms with Crippen LogP contribution in [0.5, 0.6) is 0 Å². The fourth-order valence-electron chi connectivity index (χ4n) is 3.03. The molecule has 0 N–H and O–H groups in total. The van der Waals surface area contributed by atoms with E-state index in [4.69, 9.17) is 0 Å². The first-order valence-electron chi connectivity index (χ1n) is 6.75. The lowest BCUT2D eigenvalue weighted by Crippen LogP contribution is -2.57. The monoisotopic (exact) mass is 340 g/mol. The number of aromatic nitrogens is 2. The van der Waals surface area contributed by atoms with Crippen molar-refractivity contribution in [1.82, 2.24) is 19.6 Å². The lowest BCUT2D eigenvalue weighted by Gasteiger charge is -2.36. The van der Waals surface area contributed by atoms with Crippen molar-refractivity contribution in [2.24, 2.45) is 7.05 Å². The van der Waals surface area contributed by atoms with Crippen LogP contribution in [0.25, 0.3) is 0 Å². The highest BCUT2D eigenvalue weighted by molar-refractivity contribution is 9.10. The molecule has 20 heavy (non-hydrogen) atoms. The molecule has 0 spiro atoms. The zero-order valence-corrected chi connectivity index (χ0v) is 13.2. The highest BCUT2D eigenvalue weighted by Gasteiger charge is 2.42. The molecule has 0 radical (unpaired) electrons. The van der Waals surface area contributed by atoms with Gasteiger partial charge in [-0.15, -0.1) is 0 Å². The van der Waals surface area contributed by atoms with Crippen LogP contribution in [0.2, 0.25) is 0 Å². The summed E-state index contributed by atoms with van der Waals surface area (Å²) in [5, 5.41) is 4.32. The van der Waals surface area contributed by atoms with E-state index in [9.17, 15) is 9.59 Å². The predicted octanol–water partition coefficient (Wildman–Crippen LogP) is 0.824. The Bertz CT molecular complexity index is 583. The Morgan fingerprint density at radius 1 is 1.40 bits per heavy atom. The second kappa shape index (κ2) is 4.87. The van der Waals surface area contributed by atoms with Crippen LogP contribution in [-0.2, 0) is 23.2 Å². The molecule has 108 valence electrons. The maximum Gasteiger partial charge on any atom is 0.246 e. The zero-order valence-electron chi connectivity index (χ0n) is 11.6. The van der Waals surface area contributed by atoms with Gasteiger partial charge in [0.1, 0.15) is 12.6 Å². The highest BCUT2D eigenvalue weighted by atomic mass is 79.9. The molecule has 2 amide bonds. The van der Waals surface area contributed by atoms with E-state index in [0.29, 0.717) is 6.54 Å². The average molecular weight is 341 g/mol. The first-order valence-corrected chi connectivity index (χ1v) is 7.54. The van der Waals surface area contributed by atoms with Crippen molar-refractivity contribution in [3.63, 3.8) is 0 Å². The number of hydrogen-bond donors (Lipinski definition) is 0. The third-order valence-corrected chi connectivity index (χ3v) is 5.13. The molecule has 1 aromatic rings. The van der Waals surface area contributed by atoms with Gasteiger partial charge >= 0.3 is 0 Å². The van der Waals surface area contributed by atoms with Crippen LogP contribution in [0.15, 0.2) is 4.47 Å². The molecule has 2 aliphatic rings. The zero-order chi connectivity index (χ0) is 14.4. The largest absolute Gasteiger partial charge is 0.329 e. The van der Waals surface area contributed by atoms with Crippen LogP contribution in [0.4, 0.5) is 0 Å². The van der Waals surface area contributed by atoms with Crippen LogP contribution in [0, 0.1) is 6.92 Å². The number of rotatable bonds is 2. The molecule has 2 saturated heterocycles. The van der Waals surface area contributed by atoms with Crippen LogP contribution >= 0.6 is 15.9 Å². The van der Waals surface area contributed by atoms with Crippen LogP contribution in [0.1, 0.15) is 24.2 Å². The SMILES string of the molecule is Cc1nn(C)c(CN2CC(=O)N3CCCC3C2=O)c1Br. The van der Waals surface area contributed by atoms with Crippen molar-refractivity contribution in [3.8, 4) is 0 Å². The Morgan fingerprint density at radius 2 is 2.15 bits per heavy atom. The summed E-state index contributed by atoms with van der Waals surface area (Å²) < 4.78 is 2.67. The first-order chi connectivity index (χ1) is 9.49. The van der Waals surface area contributed by atoms with Gasteiger partial charge in [-0.2, -0.15) is 5.10 Å². The molecule has 3 rings (SSSR count). The van der Waals surface area contributed by atoms with E-state index in [-0.39, 0.29) is 24.4 Å². The van der Waals surface area contributed by atoms with E-state index in [0.717, 1.165) is 35.2 Å². The first kappa shape index (κ1) is 13.6. The van der Waals surface area contributed by atoms with Gasteiger partial charge in [0.25, 0.3) is 0 Å². The average Bonchev–Trinajstić information content (AvgIpc) is 2.97. The Kier molecular flexibility index (Phi) is 3.32. The molecule has 0 aromatic carbocycles. The summed E-state index contributed by atoms with van der Waals surface area (Å²) >= 11 is 3.50. The number of piperazine rings is 1. The lowest BCUT2D eigenvalue weighted by molar-refractivity contribution is -0.154. The van der Waals surface area contributed by atoms with E-state index in [1.54, 1.807) is 14.5 Å². The standard InChI is InChI=1S/C13H17BrN4O2/c1-8-12(14)10(16(2)15-8)6-17-7-11(19)18-5-3-4-9(18)13(17)20/h9H,3-7H2,1-2H3. The summed E-state index contributed by atoms with van der Waals surface area (Å²) in [6.07, 6.45) is 1.71. The van der Waals surface area contributed by atoms with Gasteiger partial charge in [0.15, 0.2) is 0 Å². The number of amides is 2. The highest BCUT2D eigenvalue weighted by Crippen LogP contribution is 2.27. The van der Waals surface area contributed by atoms with E-state index in [1.165, 1.54) is 0 Å². The number of aryl methyl sites for hydroxylation is 2. The third kappa shape index (κ3) is 2.04. The fraction of sp³-hybridized carbons (Fsp3) is 0.615. The molecule has 7 heteroatoms. The van der Waals surface area contributed by atoms with Crippen LogP contribution in [0.3, 0.4) is 0 Å². The van der Waals surface area contributed by atoms with Crippen LogP contribution < -0.4 is 0 Å². The number of nitrogens with zero attached hydrogens (tertiary/aromatic N) is 4. The van der Waals surface area contributed by atoms with Gasteiger partial charge in [-0.25, -0.2) is 0 Å². The molecule has 1 atom stereocenters. The molecular weight excluding hydrogens is 324 g/mol. The predicted molar refractivity (Wildman–Crippen MR) is 75.8 cm³/mol. The number of carbonyl (C=O) groups excluding carboxylic acids is 2. The normalized spacial score (nSPS) is 22.6. The third-order valence-electron chi connectivity index (χ3n) is 4.10. The Hall–Kier alpha value is -1.37. The minimum Gasteiger partial charge on any atom is -0.329 e. The second-order valence-electron chi connectivity index (χ2n) is 5.41. The van der Waals surface area contributed by atoms with Gasteiger partial charge in [0.2, 0.25) is 11.8 Å². The molecule has 0 bridgehead atoms. The van der Waals surface area contributed by atoms with E-state index < -0.39 is 0 Å². The number of carbonyl (C=O) groups is 2. The van der Waals surface area contributed by atoms with Gasteiger partial charge in [0.05, 0.1) is 22.4 Å². The summed E-state index contributed by atoms with van der Waals surface area (Å²) in [6.45, 7) is 3.23. The molecule has 0 saturated carbocycles. The number of fused-ring (bicyclic) bond motifs is 1. The van der Waals surface area contributed by atoms with Crippen molar-refractivity contribution in [2.75, 3.05) is 13.1 Å². The van der Waals surface area contributed by atoms with Gasteiger partial charge in [0, 0.05) is 13.6 Å². The minimum absolute atomic E-state index is 0.0575. The van der Waals surface area contributed by atoms with Gasteiger partial charge in [-0.05, 0) is 35.7 Å². The molecule has 2 aliphatic heterocycles. The summed E-state index contributed by atoms with van der Waals surface area (Å²) in [5.74, 6) is 0.120. The van der Waals surface area contributed by atoms with Crippen molar-refractivity contribution in [1.29, 1.82) is 0 Å². The van der Waals surface area contributed by atoms with Crippen molar-refractivity contribution in [3.05, 3.63) is 15.9 Å². The maximum atomic E-state index is 12.5. The molecule has 1 unspecified atom stereocenters. The smallest absolute Gasteiger partial charge is 0.246 e. The molecule has 3 heterocycles. The minimum atomic E-state index is -0.246. The summed E-state index contributed by atoms with van der Waals surface area (Å²) in [5.41, 5.74) is 1.82. The summed E-state index contributed by atoms with van der Waals surface area (Å²) in [7, 11) is 1.85. The van der Waals surface area contributed by atoms with E-state index >= 15 is 0 Å². The second-order valence-corrected chi connectivity index (χ2v) is 6.20. The summed E-state index contributed by atoms with van der Waals surface area (Å²) in [4.78, 5) is 27.9. The maximum absolute atomic E-state index is 12.5. The summed E-state index contributed by atoms with van der Waals surface area (Å²) in [6, 6.07) is -0.246. The van der Waals surface area contributed by atoms with Gasteiger partial charge in [-0.1, -0.05) is 0 Å². The van der Waals surface area contributed by atoms with E-state index in [1.807, 2.05) is 14.0 Å². The Balaban J connectivity index is 1.84. The Morgan fingerprint density at radius 3 is 2.80 bits per heavy atom. The van der Waals surface area contributed by atoms with Crippen molar-refractivity contribution in [2.45, 2.75) is 32.4 Å². The van der Waals surface area contributed by atoms with E-state index in [2.05, 4.69) is 21.0 Å². The molecular formula is C13H17BrN4O2. The van der Waals surface area contributed by atoms with Crippen LogP contribution in [-0.4, -0.2) is 50.5 Å². The molecule has 6 nitrogen and oxygen atoms in total. The van der Waals surface area contributed by atoms with Gasteiger partial charge in [-0.3, -0.25) is 14.3 Å². The topological polar surface area (TPSA) is 58.4 Å². The quantitative estimate of drug-likeness (QED) is 0.801. The Labute approximate surface area is 125 Å². The molecule has 1 aromatic heterocycles. The number of hydrogen-bond acceptors (Lipinski definition) is 3. The molecule has 2 fully saturated rings. The van der Waals surface area contributed by atoms with Gasteiger partial charge < -0.3 is 9.80 Å². The molecule has 0 aliphatic carbocycles. The lowest BCUT2D eigenvalue weighted by atomic mass is 10.1. The fourth-order valence-corrected chi connectivity index (χ4v) is 3.49. The number of halogens is 1. The van der Waals surface area contributed by atoms with Crippen molar-refractivity contribution < 1.29 is 9.59 Å². The van der Waals surface area contributed by atoms with Crippen molar-refractivity contribution >= 4 is 27.7 Å².